The van der Waals surface area contributed by atoms with Gasteiger partial charge in [0.25, 0.3) is 0 Å². The Hall–Kier alpha value is -1.35. The minimum atomic E-state index is 0.0546. The van der Waals surface area contributed by atoms with Crippen molar-refractivity contribution in [1.29, 1.82) is 0 Å². The van der Waals surface area contributed by atoms with E-state index in [1.807, 2.05) is 0 Å². The first kappa shape index (κ1) is 10.2. The van der Waals surface area contributed by atoms with E-state index in [9.17, 15) is 0 Å². The molecule has 2 N–H and O–H groups in total. The molecule has 0 saturated carbocycles. The van der Waals surface area contributed by atoms with Gasteiger partial charge in [-0.3, -0.25) is 0 Å². The second-order valence-corrected chi connectivity index (χ2v) is 3.97. The van der Waals surface area contributed by atoms with Crippen LogP contribution in [-0.2, 0) is 4.84 Å². The average Bonchev–Trinajstić information content (AvgIpc) is 2.66. The van der Waals surface area contributed by atoms with Crippen molar-refractivity contribution in [1.82, 2.24) is 0 Å². The molecule has 0 aromatic heterocycles. The standard InChI is InChI=1S/C12H16N2O/c1-8-4-3-5-9(2)12(8)11-6-10(7-13)15-14-11/h3-5,10H,6-7,13H2,1-2H3. The maximum atomic E-state index is 5.55. The van der Waals surface area contributed by atoms with Crippen LogP contribution in [0.5, 0.6) is 0 Å². The maximum Gasteiger partial charge on any atom is 0.145 e. The molecule has 1 heterocycles. The molecule has 0 saturated heterocycles. The Morgan fingerprint density at radius 2 is 2.07 bits per heavy atom. The van der Waals surface area contributed by atoms with Crippen LogP contribution in [0.1, 0.15) is 23.1 Å². The molecular weight excluding hydrogens is 188 g/mol. The third-order valence-corrected chi connectivity index (χ3v) is 2.77. The average molecular weight is 204 g/mol. The molecular formula is C12H16N2O. The Balaban J connectivity index is 2.31. The summed E-state index contributed by atoms with van der Waals surface area (Å²) in [6.07, 6.45) is 0.876. The summed E-state index contributed by atoms with van der Waals surface area (Å²) in [5.74, 6) is 0. The van der Waals surface area contributed by atoms with E-state index in [1.54, 1.807) is 0 Å². The predicted molar refractivity (Wildman–Crippen MR) is 61.0 cm³/mol. The molecule has 1 unspecified atom stereocenters. The first-order valence-corrected chi connectivity index (χ1v) is 5.21. The van der Waals surface area contributed by atoms with Crippen LogP contribution in [-0.4, -0.2) is 18.4 Å². The zero-order valence-corrected chi connectivity index (χ0v) is 9.16. The van der Waals surface area contributed by atoms with Crippen LogP contribution >= 0.6 is 0 Å². The minimum Gasteiger partial charge on any atom is -0.390 e. The van der Waals surface area contributed by atoms with Gasteiger partial charge in [-0.1, -0.05) is 23.4 Å². The van der Waals surface area contributed by atoms with Crippen molar-refractivity contribution in [3.63, 3.8) is 0 Å². The van der Waals surface area contributed by atoms with Gasteiger partial charge in [-0.2, -0.15) is 0 Å². The molecule has 3 heteroatoms. The minimum absolute atomic E-state index is 0.0546. The largest absolute Gasteiger partial charge is 0.390 e. The molecule has 0 aliphatic carbocycles. The van der Waals surface area contributed by atoms with Gasteiger partial charge in [0.2, 0.25) is 0 Å². The Labute approximate surface area is 89.9 Å². The third kappa shape index (κ3) is 1.88. The highest BCUT2D eigenvalue weighted by molar-refractivity contribution is 6.03. The maximum absolute atomic E-state index is 5.55. The highest BCUT2D eigenvalue weighted by atomic mass is 16.6. The molecule has 0 amide bonds. The summed E-state index contributed by atoms with van der Waals surface area (Å²) in [5, 5.41) is 4.12. The lowest BCUT2D eigenvalue weighted by molar-refractivity contribution is 0.0918. The van der Waals surface area contributed by atoms with Gasteiger partial charge < -0.3 is 10.6 Å². The lowest BCUT2D eigenvalue weighted by atomic mass is 9.96. The van der Waals surface area contributed by atoms with E-state index in [2.05, 4.69) is 37.2 Å². The second-order valence-electron chi connectivity index (χ2n) is 3.97. The molecule has 80 valence electrons. The number of aryl methyl sites for hydroxylation is 2. The Morgan fingerprint density at radius 3 is 2.60 bits per heavy atom. The number of benzene rings is 1. The molecule has 0 radical (unpaired) electrons. The number of hydrogen-bond donors (Lipinski definition) is 1. The normalized spacial score (nSPS) is 19.9. The molecule has 1 aliphatic rings. The number of hydrogen-bond acceptors (Lipinski definition) is 3. The van der Waals surface area contributed by atoms with E-state index >= 15 is 0 Å². The molecule has 1 aliphatic heterocycles. The van der Waals surface area contributed by atoms with Gasteiger partial charge in [-0.15, -0.1) is 0 Å². The fourth-order valence-electron chi connectivity index (χ4n) is 1.97. The van der Waals surface area contributed by atoms with Crippen molar-refractivity contribution in [2.24, 2.45) is 10.9 Å². The molecule has 1 aromatic rings. The van der Waals surface area contributed by atoms with E-state index in [4.69, 9.17) is 10.6 Å². The molecule has 0 fully saturated rings. The highest BCUT2D eigenvalue weighted by Crippen LogP contribution is 2.21. The van der Waals surface area contributed by atoms with Crippen LogP contribution in [0.15, 0.2) is 23.4 Å². The van der Waals surface area contributed by atoms with Crippen LogP contribution in [0.2, 0.25) is 0 Å². The smallest absolute Gasteiger partial charge is 0.145 e. The zero-order chi connectivity index (χ0) is 10.8. The Kier molecular flexibility index (Phi) is 2.73. The molecule has 0 spiro atoms. The van der Waals surface area contributed by atoms with E-state index < -0.39 is 0 Å². The van der Waals surface area contributed by atoms with Gasteiger partial charge in [0, 0.05) is 18.5 Å². The van der Waals surface area contributed by atoms with Crippen molar-refractivity contribution in [2.45, 2.75) is 26.4 Å². The molecule has 3 nitrogen and oxygen atoms in total. The highest BCUT2D eigenvalue weighted by Gasteiger charge is 2.22. The van der Waals surface area contributed by atoms with Gasteiger partial charge >= 0.3 is 0 Å². The van der Waals surface area contributed by atoms with Gasteiger partial charge in [0.1, 0.15) is 6.10 Å². The summed E-state index contributed by atoms with van der Waals surface area (Å²) in [6, 6.07) is 6.26. The van der Waals surface area contributed by atoms with Crippen LogP contribution < -0.4 is 5.73 Å². The van der Waals surface area contributed by atoms with Crippen LogP contribution in [0.25, 0.3) is 0 Å². The van der Waals surface area contributed by atoms with E-state index in [0.717, 1.165) is 12.1 Å². The quantitative estimate of drug-likeness (QED) is 0.797. The van der Waals surface area contributed by atoms with Gasteiger partial charge in [0.15, 0.2) is 0 Å². The van der Waals surface area contributed by atoms with Gasteiger partial charge in [-0.05, 0) is 25.0 Å². The fraction of sp³-hybridized carbons (Fsp3) is 0.417. The first-order chi connectivity index (χ1) is 7.22. The van der Waals surface area contributed by atoms with Crippen LogP contribution in [0.4, 0.5) is 0 Å². The first-order valence-electron chi connectivity index (χ1n) is 5.21. The van der Waals surface area contributed by atoms with E-state index in [-0.39, 0.29) is 6.10 Å². The lowest BCUT2D eigenvalue weighted by Gasteiger charge is -2.08. The summed E-state index contributed by atoms with van der Waals surface area (Å²) < 4.78 is 0. The number of nitrogens with zero attached hydrogens (tertiary/aromatic N) is 1. The summed E-state index contributed by atoms with van der Waals surface area (Å²) in [6.45, 7) is 4.72. The number of rotatable bonds is 2. The number of oxime groups is 1. The number of nitrogens with two attached hydrogens (primary N) is 1. The van der Waals surface area contributed by atoms with E-state index in [0.29, 0.717) is 6.54 Å². The molecule has 2 rings (SSSR count). The Morgan fingerprint density at radius 1 is 1.40 bits per heavy atom. The van der Waals surface area contributed by atoms with Crippen molar-refractivity contribution >= 4 is 5.71 Å². The SMILES string of the molecule is Cc1cccc(C)c1C1=NOC(CN)C1. The van der Waals surface area contributed by atoms with Crippen molar-refractivity contribution in [3.8, 4) is 0 Å². The van der Waals surface area contributed by atoms with Crippen molar-refractivity contribution < 1.29 is 4.84 Å². The Bertz CT molecular complexity index is 378. The van der Waals surface area contributed by atoms with Crippen molar-refractivity contribution in [3.05, 3.63) is 34.9 Å². The zero-order valence-electron chi connectivity index (χ0n) is 9.16. The third-order valence-electron chi connectivity index (χ3n) is 2.77. The monoisotopic (exact) mass is 204 g/mol. The molecule has 1 atom stereocenters. The summed E-state index contributed by atoms with van der Waals surface area (Å²) in [5.41, 5.74) is 10.3. The van der Waals surface area contributed by atoms with Gasteiger partial charge in [0.05, 0.1) is 5.71 Å². The summed E-state index contributed by atoms with van der Waals surface area (Å²) in [7, 11) is 0. The summed E-state index contributed by atoms with van der Waals surface area (Å²) >= 11 is 0. The fourth-order valence-corrected chi connectivity index (χ4v) is 1.97. The topological polar surface area (TPSA) is 47.6 Å². The van der Waals surface area contributed by atoms with Crippen LogP contribution in [0.3, 0.4) is 0 Å². The van der Waals surface area contributed by atoms with Crippen molar-refractivity contribution in [2.75, 3.05) is 6.54 Å². The van der Waals surface area contributed by atoms with E-state index in [1.165, 1.54) is 16.7 Å². The van der Waals surface area contributed by atoms with Gasteiger partial charge in [-0.25, -0.2) is 0 Å². The molecule has 15 heavy (non-hydrogen) atoms. The molecule has 1 aromatic carbocycles. The predicted octanol–water partition coefficient (Wildman–Crippen LogP) is 1.76. The lowest BCUT2D eigenvalue weighted by Crippen LogP contribution is -2.20. The summed E-state index contributed by atoms with van der Waals surface area (Å²) in [4.78, 5) is 5.24. The van der Waals surface area contributed by atoms with Crippen LogP contribution in [0, 0.1) is 13.8 Å². The molecule has 0 bridgehead atoms. The second kappa shape index (κ2) is 4.03.